The lowest BCUT2D eigenvalue weighted by molar-refractivity contribution is 0.590. The van der Waals surface area contributed by atoms with Gasteiger partial charge in [-0.2, -0.15) is 0 Å². The van der Waals surface area contributed by atoms with E-state index in [0.717, 1.165) is 14.1 Å². The van der Waals surface area contributed by atoms with Gasteiger partial charge in [-0.05, 0) is 23.6 Å². The molecular formula is C12H14ClNO2S3. The number of hydrogen-bond acceptors (Lipinski definition) is 5. The smallest absolute Gasteiger partial charge is 0.148 e. The van der Waals surface area contributed by atoms with Crippen molar-refractivity contribution >= 4 is 44.1 Å². The molecule has 3 nitrogen and oxygen atoms in total. The minimum absolute atomic E-state index is 0.0132. The summed E-state index contributed by atoms with van der Waals surface area (Å²) in [5, 5.41) is 5.30. The van der Waals surface area contributed by atoms with Gasteiger partial charge in [-0.1, -0.05) is 17.7 Å². The first kappa shape index (κ1) is 15.0. The molecule has 0 spiro atoms. The molecule has 0 amide bonds. The van der Waals surface area contributed by atoms with E-state index in [0.29, 0.717) is 6.54 Å². The Morgan fingerprint density at radius 3 is 2.63 bits per heavy atom. The number of hydrogen-bond donors (Lipinski definition) is 1. The standard InChI is InChI=1S/C12H14ClNO2S3/c1-19(15,16)8-6-14-12(9-3-2-7-17-9)10-4-5-11(13)18-10/h2-5,7,12,14H,6,8H2,1H3. The summed E-state index contributed by atoms with van der Waals surface area (Å²) >= 11 is 9.13. The Morgan fingerprint density at radius 1 is 1.32 bits per heavy atom. The zero-order valence-electron chi connectivity index (χ0n) is 10.3. The maximum absolute atomic E-state index is 11.2. The Bertz CT molecular complexity index is 619. The van der Waals surface area contributed by atoms with E-state index in [1.807, 2.05) is 29.6 Å². The molecule has 0 bridgehead atoms. The van der Waals surface area contributed by atoms with E-state index in [9.17, 15) is 8.42 Å². The fraction of sp³-hybridized carbons (Fsp3) is 0.333. The van der Waals surface area contributed by atoms with Crippen molar-refractivity contribution in [3.05, 3.63) is 43.7 Å². The van der Waals surface area contributed by atoms with Crippen molar-refractivity contribution in [2.45, 2.75) is 6.04 Å². The highest BCUT2D eigenvalue weighted by Crippen LogP contribution is 2.32. The van der Waals surface area contributed by atoms with Gasteiger partial charge >= 0.3 is 0 Å². The molecule has 0 aliphatic heterocycles. The van der Waals surface area contributed by atoms with E-state index >= 15 is 0 Å². The quantitative estimate of drug-likeness (QED) is 0.881. The molecule has 0 aromatic carbocycles. The summed E-state index contributed by atoms with van der Waals surface area (Å²) in [6.07, 6.45) is 1.25. The summed E-state index contributed by atoms with van der Waals surface area (Å²) in [5.41, 5.74) is 0. The Morgan fingerprint density at radius 2 is 2.11 bits per heavy atom. The van der Waals surface area contributed by atoms with Crippen LogP contribution in [-0.2, 0) is 9.84 Å². The average molecular weight is 336 g/mol. The summed E-state index contributed by atoms with van der Waals surface area (Å²) in [7, 11) is -2.95. The molecule has 0 aliphatic rings. The molecule has 19 heavy (non-hydrogen) atoms. The number of thiophene rings is 2. The predicted octanol–water partition coefficient (Wildman–Crippen LogP) is 3.19. The largest absolute Gasteiger partial charge is 0.304 e. The Labute approximate surface area is 126 Å². The molecule has 2 aromatic rings. The van der Waals surface area contributed by atoms with Crippen molar-refractivity contribution in [2.75, 3.05) is 18.6 Å². The first-order valence-corrected chi connectivity index (χ1v) is 9.79. The predicted molar refractivity (Wildman–Crippen MR) is 83.2 cm³/mol. The normalized spacial score (nSPS) is 13.6. The fourth-order valence-corrected chi connectivity index (χ4v) is 4.21. The molecule has 1 N–H and O–H groups in total. The summed E-state index contributed by atoms with van der Waals surface area (Å²) in [6.45, 7) is 0.427. The minimum Gasteiger partial charge on any atom is -0.304 e. The summed E-state index contributed by atoms with van der Waals surface area (Å²) < 4.78 is 23.1. The molecule has 0 saturated heterocycles. The van der Waals surface area contributed by atoms with Crippen molar-refractivity contribution in [1.29, 1.82) is 0 Å². The molecule has 2 rings (SSSR count). The topological polar surface area (TPSA) is 46.2 Å². The second kappa shape index (κ2) is 6.37. The van der Waals surface area contributed by atoms with Crippen molar-refractivity contribution in [3.8, 4) is 0 Å². The van der Waals surface area contributed by atoms with Crippen LogP contribution in [0.15, 0.2) is 29.6 Å². The van der Waals surface area contributed by atoms with Gasteiger partial charge in [0.1, 0.15) is 9.84 Å². The third kappa shape index (κ3) is 4.57. The summed E-state index contributed by atoms with van der Waals surface area (Å²) in [6, 6.07) is 7.88. The molecule has 2 aromatic heterocycles. The average Bonchev–Trinajstić information content (AvgIpc) is 2.94. The highest BCUT2D eigenvalue weighted by Gasteiger charge is 2.17. The number of nitrogens with one attached hydrogen (secondary N) is 1. The van der Waals surface area contributed by atoms with Crippen molar-refractivity contribution in [3.63, 3.8) is 0 Å². The lowest BCUT2D eigenvalue weighted by Gasteiger charge is -2.15. The van der Waals surface area contributed by atoms with E-state index in [2.05, 4.69) is 5.32 Å². The van der Waals surface area contributed by atoms with Gasteiger partial charge in [0.05, 0.1) is 16.1 Å². The molecule has 1 unspecified atom stereocenters. The third-order valence-electron chi connectivity index (χ3n) is 2.53. The van der Waals surface area contributed by atoms with Gasteiger partial charge in [0.25, 0.3) is 0 Å². The van der Waals surface area contributed by atoms with Gasteiger partial charge in [-0.3, -0.25) is 0 Å². The number of halogens is 1. The van der Waals surface area contributed by atoms with E-state index in [1.165, 1.54) is 17.6 Å². The van der Waals surface area contributed by atoms with E-state index < -0.39 is 9.84 Å². The molecule has 2 heterocycles. The Kier molecular flexibility index (Phi) is 5.03. The molecule has 0 fully saturated rings. The van der Waals surface area contributed by atoms with Crippen LogP contribution in [-0.4, -0.2) is 27.0 Å². The van der Waals surface area contributed by atoms with Crippen LogP contribution >= 0.6 is 34.3 Å². The van der Waals surface area contributed by atoms with Crippen LogP contribution in [0.5, 0.6) is 0 Å². The zero-order valence-corrected chi connectivity index (χ0v) is 13.5. The molecule has 0 saturated carbocycles. The second-order valence-corrected chi connectivity index (χ2v) is 9.16. The van der Waals surface area contributed by atoms with E-state index in [1.54, 1.807) is 11.3 Å². The van der Waals surface area contributed by atoms with Crippen LogP contribution in [0.4, 0.5) is 0 Å². The minimum atomic E-state index is -2.95. The second-order valence-electron chi connectivity index (χ2n) is 4.17. The van der Waals surface area contributed by atoms with Crippen LogP contribution in [0.3, 0.4) is 0 Å². The van der Waals surface area contributed by atoms with Crippen LogP contribution in [0.2, 0.25) is 4.34 Å². The first-order chi connectivity index (χ1) is 8.96. The first-order valence-electron chi connectivity index (χ1n) is 5.65. The van der Waals surface area contributed by atoms with Crippen molar-refractivity contribution in [1.82, 2.24) is 5.32 Å². The highest BCUT2D eigenvalue weighted by atomic mass is 35.5. The third-order valence-corrected chi connectivity index (χ3v) is 5.71. The maximum Gasteiger partial charge on any atom is 0.148 e. The zero-order chi connectivity index (χ0) is 13.9. The summed E-state index contributed by atoms with van der Waals surface area (Å²) in [4.78, 5) is 2.26. The SMILES string of the molecule is CS(=O)(=O)CCNC(c1cccs1)c1ccc(Cl)s1. The number of rotatable bonds is 6. The lowest BCUT2D eigenvalue weighted by atomic mass is 10.2. The lowest BCUT2D eigenvalue weighted by Crippen LogP contribution is -2.26. The van der Waals surface area contributed by atoms with Crippen molar-refractivity contribution < 1.29 is 8.42 Å². The van der Waals surface area contributed by atoms with Crippen LogP contribution in [0.25, 0.3) is 0 Å². The molecule has 0 aliphatic carbocycles. The van der Waals surface area contributed by atoms with Crippen LogP contribution in [0, 0.1) is 0 Å². The van der Waals surface area contributed by atoms with Gasteiger partial charge in [-0.25, -0.2) is 8.42 Å². The van der Waals surface area contributed by atoms with Gasteiger partial charge in [0, 0.05) is 22.6 Å². The maximum atomic E-state index is 11.2. The highest BCUT2D eigenvalue weighted by molar-refractivity contribution is 7.90. The Hall–Kier alpha value is -0.400. The van der Waals surface area contributed by atoms with Gasteiger partial charge in [0.2, 0.25) is 0 Å². The van der Waals surface area contributed by atoms with E-state index in [4.69, 9.17) is 11.6 Å². The van der Waals surface area contributed by atoms with Gasteiger partial charge in [-0.15, -0.1) is 22.7 Å². The van der Waals surface area contributed by atoms with Crippen LogP contribution in [0.1, 0.15) is 15.8 Å². The fourth-order valence-electron chi connectivity index (χ4n) is 1.67. The molecule has 104 valence electrons. The van der Waals surface area contributed by atoms with Gasteiger partial charge in [0.15, 0.2) is 0 Å². The molecule has 1 atom stereocenters. The monoisotopic (exact) mass is 335 g/mol. The van der Waals surface area contributed by atoms with Gasteiger partial charge < -0.3 is 5.32 Å². The summed E-state index contributed by atoms with van der Waals surface area (Å²) in [5.74, 6) is 0.133. The molecule has 0 radical (unpaired) electrons. The molecular weight excluding hydrogens is 322 g/mol. The Balaban J connectivity index is 2.12. The van der Waals surface area contributed by atoms with Crippen molar-refractivity contribution in [2.24, 2.45) is 0 Å². The molecule has 7 heteroatoms. The van der Waals surface area contributed by atoms with E-state index in [-0.39, 0.29) is 11.8 Å². The number of sulfone groups is 1. The van der Waals surface area contributed by atoms with Crippen LogP contribution < -0.4 is 5.32 Å².